The molecule has 19 heavy (non-hydrogen) atoms. The van der Waals surface area contributed by atoms with Crippen molar-refractivity contribution in [3.63, 3.8) is 0 Å². The lowest BCUT2D eigenvalue weighted by atomic mass is 9.85. The third-order valence-electron chi connectivity index (χ3n) is 3.80. The molecule has 1 aliphatic carbocycles. The van der Waals surface area contributed by atoms with Gasteiger partial charge in [-0.15, -0.1) is 0 Å². The molecule has 1 fully saturated rings. The highest BCUT2D eigenvalue weighted by Gasteiger charge is 2.26. The summed E-state index contributed by atoms with van der Waals surface area (Å²) in [5.41, 5.74) is 6.65. The normalized spacial score (nSPS) is 22.8. The zero-order valence-electron chi connectivity index (χ0n) is 11.3. The summed E-state index contributed by atoms with van der Waals surface area (Å²) in [5.74, 6) is 0.567. The van der Waals surface area contributed by atoms with Crippen LogP contribution in [-0.2, 0) is 11.8 Å². The van der Waals surface area contributed by atoms with Crippen molar-refractivity contribution in [3.05, 3.63) is 11.3 Å². The maximum absolute atomic E-state index is 11.1. The Labute approximate surface area is 112 Å². The number of primary amides is 1. The number of amides is 1. The average molecular weight is 261 g/mol. The van der Waals surface area contributed by atoms with Crippen LogP contribution >= 0.6 is 0 Å². The van der Waals surface area contributed by atoms with Crippen LogP contribution in [0.1, 0.15) is 36.9 Å². The van der Waals surface area contributed by atoms with Gasteiger partial charge in [-0.1, -0.05) is 0 Å². The Morgan fingerprint density at radius 3 is 2.63 bits per heavy atom. The largest absolute Gasteiger partial charge is 0.369 e. The van der Waals surface area contributed by atoms with Crippen molar-refractivity contribution in [2.45, 2.75) is 38.6 Å². The van der Waals surface area contributed by atoms with E-state index in [1.807, 2.05) is 14.0 Å². The quantitative estimate of drug-likeness (QED) is 0.850. The number of hydrogen-bond donors (Lipinski definition) is 2. The number of nitriles is 1. The molecule has 1 amide bonds. The van der Waals surface area contributed by atoms with Crippen LogP contribution < -0.4 is 11.1 Å². The van der Waals surface area contributed by atoms with Crippen molar-refractivity contribution in [1.82, 2.24) is 9.78 Å². The zero-order chi connectivity index (χ0) is 14.0. The number of carbonyl (C=O) groups excluding carboxylic acids is 1. The molecule has 1 aliphatic rings. The lowest BCUT2D eigenvalue weighted by Crippen LogP contribution is -2.33. The van der Waals surface area contributed by atoms with E-state index in [1.165, 1.54) is 0 Å². The number of nitrogens with two attached hydrogens (primary N) is 1. The fourth-order valence-corrected chi connectivity index (χ4v) is 2.67. The summed E-state index contributed by atoms with van der Waals surface area (Å²) >= 11 is 0. The van der Waals surface area contributed by atoms with Crippen LogP contribution in [0, 0.1) is 24.2 Å². The number of aromatic nitrogens is 2. The molecule has 1 heterocycles. The Kier molecular flexibility index (Phi) is 3.74. The average Bonchev–Trinajstić information content (AvgIpc) is 2.64. The standard InChI is InChI=1S/C13H19N5O/c1-8-11(7-14)13(18(2)17-8)16-10-5-3-9(4-6-10)12(15)19/h9-10,16H,3-6H2,1-2H3,(H2,15,19). The minimum atomic E-state index is -0.201. The van der Waals surface area contributed by atoms with Crippen LogP contribution in [0.25, 0.3) is 0 Å². The van der Waals surface area contributed by atoms with Crippen molar-refractivity contribution in [2.24, 2.45) is 18.7 Å². The van der Waals surface area contributed by atoms with E-state index in [0.717, 1.165) is 37.2 Å². The van der Waals surface area contributed by atoms with E-state index >= 15 is 0 Å². The molecule has 0 aromatic carbocycles. The molecule has 1 aromatic rings. The van der Waals surface area contributed by atoms with Gasteiger partial charge >= 0.3 is 0 Å². The molecule has 3 N–H and O–H groups in total. The van der Waals surface area contributed by atoms with Crippen LogP contribution in [0.4, 0.5) is 5.82 Å². The summed E-state index contributed by atoms with van der Waals surface area (Å²) < 4.78 is 1.70. The second kappa shape index (κ2) is 5.31. The van der Waals surface area contributed by atoms with Gasteiger partial charge in [0.1, 0.15) is 17.5 Å². The summed E-state index contributed by atoms with van der Waals surface area (Å²) in [7, 11) is 1.82. The van der Waals surface area contributed by atoms with E-state index in [-0.39, 0.29) is 17.9 Å². The first-order valence-corrected chi connectivity index (χ1v) is 6.52. The minimum Gasteiger partial charge on any atom is -0.369 e. The van der Waals surface area contributed by atoms with E-state index in [2.05, 4.69) is 16.5 Å². The fourth-order valence-electron chi connectivity index (χ4n) is 2.67. The van der Waals surface area contributed by atoms with Gasteiger partial charge in [0.25, 0.3) is 0 Å². The number of nitrogens with one attached hydrogen (secondary N) is 1. The molecular formula is C13H19N5O. The van der Waals surface area contributed by atoms with E-state index in [9.17, 15) is 4.79 Å². The number of hydrogen-bond acceptors (Lipinski definition) is 4. The molecule has 0 spiro atoms. The molecular weight excluding hydrogens is 242 g/mol. The lowest BCUT2D eigenvalue weighted by molar-refractivity contribution is -0.122. The second-order valence-corrected chi connectivity index (χ2v) is 5.14. The third-order valence-corrected chi connectivity index (χ3v) is 3.80. The van der Waals surface area contributed by atoms with Gasteiger partial charge in [0.2, 0.25) is 5.91 Å². The van der Waals surface area contributed by atoms with Gasteiger partial charge in [-0.3, -0.25) is 9.48 Å². The highest BCUT2D eigenvalue weighted by atomic mass is 16.1. The Hall–Kier alpha value is -2.03. The highest BCUT2D eigenvalue weighted by Crippen LogP contribution is 2.27. The predicted molar refractivity (Wildman–Crippen MR) is 71.2 cm³/mol. The van der Waals surface area contributed by atoms with Crippen molar-refractivity contribution in [3.8, 4) is 6.07 Å². The summed E-state index contributed by atoms with van der Waals surface area (Å²) in [6, 6.07) is 2.46. The summed E-state index contributed by atoms with van der Waals surface area (Å²) in [6.45, 7) is 1.83. The first-order chi connectivity index (χ1) is 9.02. The van der Waals surface area contributed by atoms with Crippen LogP contribution in [-0.4, -0.2) is 21.7 Å². The number of aryl methyl sites for hydroxylation is 2. The van der Waals surface area contributed by atoms with Gasteiger partial charge in [0, 0.05) is 19.0 Å². The summed E-state index contributed by atoms with van der Waals surface area (Å²) in [6.07, 6.45) is 3.41. The maximum Gasteiger partial charge on any atom is 0.220 e. The smallest absolute Gasteiger partial charge is 0.220 e. The monoisotopic (exact) mass is 261 g/mol. The molecule has 0 aliphatic heterocycles. The Morgan fingerprint density at radius 2 is 2.11 bits per heavy atom. The van der Waals surface area contributed by atoms with Crippen molar-refractivity contribution < 1.29 is 4.79 Å². The van der Waals surface area contributed by atoms with Gasteiger partial charge in [0.15, 0.2) is 0 Å². The van der Waals surface area contributed by atoms with Crippen LogP contribution in [0.3, 0.4) is 0 Å². The molecule has 1 aromatic heterocycles. The van der Waals surface area contributed by atoms with Crippen molar-refractivity contribution in [2.75, 3.05) is 5.32 Å². The van der Waals surface area contributed by atoms with Gasteiger partial charge in [-0.05, 0) is 32.6 Å². The molecule has 2 rings (SSSR count). The fraction of sp³-hybridized carbons (Fsp3) is 0.615. The summed E-state index contributed by atoms with van der Waals surface area (Å²) in [4.78, 5) is 11.1. The van der Waals surface area contributed by atoms with Gasteiger partial charge in [0.05, 0.1) is 5.69 Å². The van der Waals surface area contributed by atoms with E-state index in [4.69, 9.17) is 11.0 Å². The topological polar surface area (TPSA) is 96.7 Å². The molecule has 6 nitrogen and oxygen atoms in total. The molecule has 102 valence electrons. The van der Waals surface area contributed by atoms with Crippen LogP contribution in [0.5, 0.6) is 0 Å². The maximum atomic E-state index is 11.1. The molecule has 6 heteroatoms. The van der Waals surface area contributed by atoms with Crippen LogP contribution in [0.15, 0.2) is 0 Å². The highest BCUT2D eigenvalue weighted by molar-refractivity contribution is 5.76. The Bertz CT molecular complexity index is 520. The second-order valence-electron chi connectivity index (χ2n) is 5.14. The number of carbonyl (C=O) groups is 1. The van der Waals surface area contributed by atoms with E-state index in [1.54, 1.807) is 4.68 Å². The predicted octanol–water partition coefficient (Wildman–Crippen LogP) is 1.06. The number of nitrogens with zero attached hydrogens (tertiary/aromatic N) is 3. The molecule has 0 atom stereocenters. The van der Waals surface area contributed by atoms with Crippen molar-refractivity contribution >= 4 is 11.7 Å². The van der Waals surface area contributed by atoms with E-state index in [0.29, 0.717) is 5.56 Å². The molecule has 0 radical (unpaired) electrons. The zero-order valence-corrected chi connectivity index (χ0v) is 11.3. The molecule has 0 bridgehead atoms. The SMILES string of the molecule is Cc1nn(C)c(NC2CCC(C(N)=O)CC2)c1C#N. The Balaban J connectivity index is 2.04. The number of anilines is 1. The van der Waals surface area contributed by atoms with Crippen molar-refractivity contribution in [1.29, 1.82) is 5.26 Å². The first kappa shape index (κ1) is 13.4. The summed E-state index contributed by atoms with van der Waals surface area (Å²) in [5, 5.41) is 16.8. The first-order valence-electron chi connectivity index (χ1n) is 6.52. The van der Waals surface area contributed by atoms with Gasteiger partial charge in [-0.2, -0.15) is 10.4 Å². The molecule has 0 unspecified atom stereocenters. The van der Waals surface area contributed by atoms with E-state index < -0.39 is 0 Å². The third kappa shape index (κ3) is 2.70. The lowest BCUT2D eigenvalue weighted by Gasteiger charge is -2.28. The molecule has 0 saturated heterocycles. The Morgan fingerprint density at radius 1 is 1.47 bits per heavy atom. The van der Waals surface area contributed by atoms with Crippen LogP contribution in [0.2, 0.25) is 0 Å². The van der Waals surface area contributed by atoms with Gasteiger partial charge in [-0.25, -0.2) is 0 Å². The minimum absolute atomic E-state index is 0.00163. The number of rotatable bonds is 3. The van der Waals surface area contributed by atoms with Gasteiger partial charge < -0.3 is 11.1 Å². The molecule has 1 saturated carbocycles.